The minimum atomic E-state index is -4.36. The highest BCUT2D eigenvalue weighted by Crippen LogP contribution is 2.58. The molecule has 7 rings (SSSR count). The van der Waals surface area contributed by atoms with Crippen LogP contribution in [-0.2, 0) is 43.9 Å². The molecule has 0 radical (unpaired) electrons. The van der Waals surface area contributed by atoms with Crippen molar-refractivity contribution < 1.29 is 46.5 Å². The van der Waals surface area contributed by atoms with Crippen LogP contribution in [0, 0.1) is 0 Å². The normalized spacial score (nSPS) is 37.7. The average molecular weight is 744 g/mol. The van der Waals surface area contributed by atoms with E-state index < -0.39 is 75.9 Å². The van der Waals surface area contributed by atoms with Gasteiger partial charge in [0.05, 0.1) is 46.9 Å². The monoisotopic (exact) mass is 743 g/mol. The third-order valence-electron chi connectivity index (χ3n) is 7.45. The number of hydrogen-bond acceptors (Lipinski definition) is 14. The molecule has 23 heteroatoms. The second-order valence-corrected chi connectivity index (χ2v) is 16.7. The highest BCUT2D eigenvalue weighted by Gasteiger charge is 2.53. The van der Waals surface area contributed by atoms with Gasteiger partial charge in [0.15, 0.2) is 30.1 Å². The van der Waals surface area contributed by atoms with Gasteiger partial charge in [-0.3, -0.25) is 18.1 Å². The van der Waals surface area contributed by atoms with E-state index in [1.807, 2.05) is 0 Å². The molecule has 3 fully saturated rings. The van der Waals surface area contributed by atoms with Gasteiger partial charge in [0.1, 0.15) is 42.4 Å². The third kappa shape index (κ3) is 5.91. The number of nitrogens with zero attached hydrogens (tertiary/aromatic N) is 6. The average Bonchev–Trinajstić information content (AvgIpc) is 3.73. The summed E-state index contributed by atoms with van der Waals surface area (Å²) in [7, 11) is 0. The van der Waals surface area contributed by atoms with E-state index in [1.54, 1.807) is 0 Å². The standard InChI is InChI=1S/C22H22Cl2FN7O9P2S2/c23-8-1-10-11(2-9(8)24)31(6-29-10)22-18-16(33)12(38-22)3-36-42(34,44)40-17-13(4-37-43(35,45)41-18)39-21(14(17)25)32-7-30-15-19(26)27-5-28-20(15)32/h1-2,5-7,12-14,16-18,21-22,33H,3-4H2,(H,34,44)(H,35,45)(H2,26,27,28). The molecule has 4 N–H and O–H groups in total. The summed E-state index contributed by atoms with van der Waals surface area (Å²) < 4.78 is 66.4. The minimum absolute atomic E-state index is 0.0635. The largest absolute Gasteiger partial charge is 0.387 e. The number of alkyl halides is 1. The van der Waals surface area contributed by atoms with E-state index in [1.165, 1.54) is 40.2 Å². The van der Waals surface area contributed by atoms with Crippen LogP contribution in [0.25, 0.3) is 22.2 Å². The van der Waals surface area contributed by atoms with Crippen molar-refractivity contribution in [3.63, 3.8) is 0 Å². The zero-order chi connectivity index (χ0) is 31.8. The number of anilines is 1. The molecular weight excluding hydrogens is 722 g/mol. The van der Waals surface area contributed by atoms with Gasteiger partial charge in [-0.2, -0.15) is 0 Å². The van der Waals surface area contributed by atoms with Gasteiger partial charge < -0.3 is 34.3 Å². The number of halogens is 3. The molecule has 0 spiro atoms. The Bertz CT molecular complexity index is 1890. The predicted molar refractivity (Wildman–Crippen MR) is 163 cm³/mol. The number of nitrogen functional groups attached to an aromatic ring is 1. The molecule has 0 aliphatic carbocycles. The predicted octanol–water partition coefficient (Wildman–Crippen LogP) is 3.33. The summed E-state index contributed by atoms with van der Waals surface area (Å²) >= 11 is 21.6. The van der Waals surface area contributed by atoms with Crippen molar-refractivity contribution in [2.45, 2.75) is 49.1 Å². The molecule has 242 valence electrons. The number of aliphatic hydroxyl groups excluding tert-OH is 1. The molecule has 16 nitrogen and oxygen atoms in total. The molecule has 2 bridgehead atoms. The van der Waals surface area contributed by atoms with Crippen LogP contribution in [0.5, 0.6) is 0 Å². The number of benzene rings is 1. The highest BCUT2D eigenvalue weighted by atomic mass is 35.5. The van der Waals surface area contributed by atoms with Crippen molar-refractivity contribution in [2.24, 2.45) is 0 Å². The van der Waals surface area contributed by atoms with Crippen molar-refractivity contribution >= 4 is 88.8 Å². The van der Waals surface area contributed by atoms with Crippen molar-refractivity contribution in [2.75, 3.05) is 18.9 Å². The number of fused-ring (bicyclic) bond motifs is 5. The number of ether oxygens (including phenoxy) is 2. The van der Waals surface area contributed by atoms with E-state index >= 15 is 4.39 Å². The Labute approximate surface area is 272 Å². The Morgan fingerprint density at radius 1 is 1.00 bits per heavy atom. The van der Waals surface area contributed by atoms with E-state index in [4.69, 9.17) is 68.3 Å². The van der Waals surface area contributed by atoms with Crippen LogP contribution in [0.1, 0.15) is 12.5 Å². The van der Waals surface area contributed by atoms with Crippen molar-refractivity contribution in [3.8, 4) is 0 Å². The summed E-state index contributed by atoms with van der Waals surface area (Å²) in [6, 6.07) is 3.07. The van der Waals surface area contributed by atoms with E-state index in [0.29, 0.717) is 11.0 Å². The SMILES string of the molecule is Nc1ncnc2c1ncn2C1OC2COP(O)(=S)OC3C(O)C(COP(=O)(S)OC2C1F)OC3n1cnc2cc(Cl)c(Cl)cc21. The second-order valence-electron chi connectivity index (χ2n) is 10.2. The van der Waals surface area contributed by atoms with Crippen LogP contribution in [0.4, 0.5) is 10.2 Å². The highest BCUT2D eigenvalue weighted by molar-refractivity contribution is 8.44. The molecule has 10 atom stereocenters. The van der Waals surface area contributed by atoms with Crippen molar-refractivity contribution in [1.82, 2.24) is 29.1 Å². The van der Waals surface area contributed by atoms with Crippen LogP contribution >= 0.6 is 49.0 Å². The number of aliphatic hydroxyl groups is 1. The lowest BCUT2D eigenvalue weighted by molar-refractivity contribution is -0.0585. The maximum absolute atomic E-state index is 16.0. The number of thiol groups is 1. The fourth-order valence-electron chi connectivity index (χ4n) is 5.36. The Balaban J connectivity index is 1.20. The smallest absolute Gasteiger partial charge is 0.386 e. The number of hydrogen-bond donors (Lipinski definition) is 4. The van der Waals surface area contributed by atoms with E-state index in [2.05, 4.69) is 32.2 Å². The summed E-state index contributed by atoms with van der Waals surface area (Å²) in [6.45, 7) is -9.70. The zero-order valence-corrected chi connectivity index (χ0v) is 27.3. The molecule has 1 aromatic carbocycles. The molecule has 10 unspecified atom stereocenters. The molecule has 3 aliphatic rings. The van der Waals surface area contributed by atoms with Gasteiger partial charge >= 0.3 is 13.5 Å². The molecule has 3 aromatic heterocycles. The maximum atomic E-state index is 16.0. The Morgan fingerprint density at radius 2 is 1.71 bits per heavy atom. The first-order valence-electron chi connectivity index (χ1n) is 13.0. The zero-order valence-electron chi connectivity index (χ0n) is 22.3. The van der Waals surface area contributed by atoms with E-state index in [-0.39, 0.29) is 27.0 Å². The van der Waals surface area contributed by atoms with E-state index in [9.17, 15) is 14.6 Å². The lowest BCUT2D eigenvalue weighted by atomic mass is 10.1. The third-order valence-corrected chi connectivity index (χ3v) is 11.3. The Kier molecular flexibility index (Phi) is 8.44. The molecule has 4 aromatic rings. The number of aromatic nitrogens is 6. The first kappa shape index (κ1) is 32.0. The first-order chi connectivity index (χ1) is 21.3. The lowest BCUT2D eigenvalue weighted by Gasteiger charge is -2.27. The van der Waals surface area contributed by atoms with Crippen molar-refractivity contribution in [1.29, 1.82) is 0 Å². The summed E-state index contributed by atoms with van der Waals surface area (Å²) in [5, 5.41) is 11.7. The quantitative estimate of drug-likeness (QED) is 0.172. The van der Waals surface area contributed by atoms with Gasteiger partial charge in [-0.25, -0.2) is 28.9 Å². The van der Waals surface area contributed by atoms with Gasteiger partial charge in [-0.1, -0.05) is 35.5 Å². The van der Waals surface area contributed by atoms with Crippen LogP contribution in [0.3, 0.4) is 0 Å². The number of nitrogens with two attached hydrogens (primary N) is 1. The summed E-state index contributed by atoms with van der Waals surface area (Å²) in [5.41, 5.74) is 7.12. The lowest BCUT2D eigenvalue weighted by Crippen LogP contribution is -2.35. The van der Waals surface area contributed by atoms with Gasteiger partial charge in [0.25, 0.3) is 0 Å². The maximum Gasteiger partial charge on any atom is 0.386 e. The Hall–Kier alpha value is -1.54. The summed E-state index contributed by atoms with van der Waals surface area (Å²) in [6.07, 6.45) is -7.75. The van der Waals surface area contributed by atoms with Gasteiger partial charge in [-0.05, 0) is 23.9 Å². The molecule has 0 saturated carbocycles. The molecule has 0 amide bonds. The molecule has 45 heavy (non-hydrogen) atoms. The van der Waals surface area contributed by atoms with Crippen LogP contribution in [0.2, 0.25) is 10.0 Å². The summed E-state index contributed by atoms with van der Waals surface area (Å²) in [5.74, 6) is 0.0635. The minimum Gasteiger partial charge on any atom is -0.387 e. The van der Waals surface area contributed by atoms with Gasteiger partial charge in [-0.15, -0.1) is 0 Å². The Morgan fingerprint density at radius 3 is 2.51 bits per heavy atom. The fraction of sp³-hybridized carbons (Fsp3) is 0.455. The van der Waals surface area contributed by atoms with Crippen molar-refractivity contribution in [3.05, 3.63) is 41.2 Å². The van der Waals surface area contributed by atoms with Crippen LogP contribution in [-0.4, -0.2) is 89.0 Å². The second kappa shape index (κ2) is 11.9. The summed E-state index contributed by atoms with van der Waals surface area (Å²) in [4.78, 5) is 27.5. The molecule has 3 aliphatic heterocycles. The molecule has 6 heterocycles. The van der Waals surface area contributed by atoms with Gasteiger partial charge in [0, 0.05) is 0 Å². The molecular formula is C22H22Cl2FN7O9P2S2. The van der Waals surface area contributed by atoms with Crippen LogP contribution in [0.15, 0.2) is 31.1 Å². The number of imidazole rings is 2. The first-order valence-corrected chi connectivity index (χ1v) is 19.1. The van der Waals surface area contributed by atoms with Crippen LogP contribution < -0.4 is 5.73 Å². The fourth-order valence-corrected chi connectivity index (χ4v) is 8.57. The van der Waals surface area contributed by atoms with E-state index in [0.717, 1.165) is 0 Å². The topological polar surface area (TPSA) is 200 Å². The molecule has 3 saturated heterocycles. The van der Waals surface area contributed by atoms with Gasteiger partial charge in [0.2, 0.25) is 0 Å². The number of rotatable bonds is 2.